The van der Waals surface area contributed by atoms with Crippen LogP contribution in [0.3, 0.4) is 0 Å². The van der Waals surface area contributed by atoms with Crippen LogP contribution in [0.2, 0.25) is 0 Å². The summed E-state index contributed by atoms with van der Waals surface area (Å²) in [6.45, 7) is 4.51. The maximum Gasteiger partial charge on any atom is 0.170 e. The molecule has 0 saturated heterocycles. The van der Waals surface area contributed by atoms with Crippen LogP contribution >= 0.6 is 0 Å². The molecule has 18 heavy (non-hydrogen) atoms. The summed E-state index contributed by atoms with van der Waals surface area (Å²) >= 11 is 0. The molecule has 0 aromatic carbocycles. The molecule has 4 nitrogen and oxygen atoms in total. The minimum absolute atomic E-state index is 0.213. The van der Waals surface area contributed by atoms with Gasteiger partial charge in [0.1, 0.15) is 5.60 Å². The van der Waals surface area contributed by atoms with Crippen molar-refractivity contribution in [1.82, 2.24) is 9.78 Å². The van der Waals surface area contributed by atoms with Crippen molar-refractivity contribution >= 4 is 5.78 Å². The molecule has 0 spiro atoms. The van der Waals surface area contributed by atoms with Crippen LogP contribution in [0.15, 0.2) is 6.07 Å². The third-order valence-electron chi connectivity index (χ3n) is 3.78. The summed E-state index contributed by atoms with van der Waals surface area (Å²) < 4.78 is 7.59. The lowest BCUT2D eigenvalue weighted by atomic mass is 9.93. The van der Waals surface area contributed by atoms with Crippen LogP contribution in [0.1, 0.15) is 44.0 Å². The summed E-state index contributed by atoms with van der Waals surface area (Å²) in [5, 5.41) is 4.28. The number of carbonyl (C=O) groups excluding carboxylic acids is 1. The maximum atomic E-state index is 12.5. The topological polar surface area (TPSA) is 44.1 Å². The molecule has 0 N–H and O–H groups in total. The predicted octanol–water partition coefficient (Wildman–Crippen LogP) is 2.19. The van der Waals surface area contributed by atoms with E-state index < -0.39 is 5.60 Å². The summed E-state index contributed by atoms with van der Waals surface area (Å²) in [5.74, 6) is 0.213. The first-order valence-corrected chi connectivity index (χ1v) is 6.74. The summed E-state index contributed by atoms with van der Waals surface area (Å²) in [6, 6.07) is 1.98. The molecule has 0 atom stereocenters. The van der Waals surface area contributed by atoms with Crippen LogP contribution in [0.25, 0.3) is 0 Å². The van der Waals surface area contributed by atoms with Gasteiger partial charge < -0.3 is 4.74 Å². The number of hydrogen-bond donors (Lipinski definition) is 0. The summed E-state index contributed by atoms with van der Waals surface area (Å²) in [5.41, 5.74) is 1.41. The molecular formula is C14H22N2O2. The number of Topliss-reactive ketones (excluding diaryl/α,β-unsaturated/α-hetero) is 1. The van der Waals surface area contributed by atoms with Crippen LogP contribution in [0, 0.1) is 6.92 Å². The molecule has 1 fully saturated rings. The van der Waals surface area contributed by atoms with E-state index in [1.165, 1.54) is 0 Å². The Morgan fingerprint density at radius 2 is 2.17 bits per heavy atom. The van der Waals surface area contributed by atoms with Gasteiger partial charge >= 0.3 is 0 Å². The van der Waals surface area contributed by atoms with Crippen molar-refractivity contribution in [3.63, 3.8) is 0 Å². The van der Waals surface area contributed by atoms with Crippen molar-refractivity contribution in [3.8, 4) is 0 Å². The highest BCUT2D eigenvalue weighted by atomic mass is 16.5. The van der Waals surface area contributed by atoms with Gasteiger partial charge in [-0.25, -0.2) is 0 Å². The van der Waals surface area contributed by atoms with E-state index in [1.54, 1.807) is 4.68 Å². The molecule has 0 unspecified atom stereocenters. The van der Waals surface area contributed by atoms with Gasteiger partial charge in [0.05, 0.1) is 12.1 Å². The molecule has 1 saturated carbocycles. The number of nitrogens with zero attached hydrogens (tertiary/aromatic N) is 2. The Hall–Kier alpha value is -1.16. The van der Waals surface area contributed by atoms with Gasteiger partial charge in [-0.15, -0.1) is 0 Å². The zero-order chi connectivity index (χ0) is 13.2. The van der Waals surface area contributed by atoms with Gasteiger partial charge in [0.25, 0.3) is 0 Å². The molecule has 0 aliphatic heterocycles. The second kappa shape index (κ2) is 5.22. The maximum absolute atomic E-state index is 12.5. The van der Waals surface area contributed by atoms with Gasteiger partial charge in [-0.2, -0.15) is 5.10 Å². The number of ketones is 1. The Morgan fingerprint density at radius 1 is 1.50 bits per heavy atom. The molecule has 1 aliphatic rings. The summed E-state index contributed by atoms with van der Waals surface area (Å²) in [7, 11) is 1.89. The highest BCUT2D eigenvalue weighted by Gasteiger charge is 2.41. The van der Waals surface area contributed by atoms with Crippen molar-refractivity contribution < 1.29 is 9.53 Å². The zero-order valence-electron chi connectivity index (χ0n) is 11.5. The fourth-order valence-electron chi connectivity index (χ4n) is 2.88. The standard InChI is InChI=1S/C14H22N2O2/c1-4-18-14(7-5-6-8-14)13(17)10-12-9-11(2)15-16(12)3/h9H,4-8,10H2,1-3H3. The van der Waals surface area contributed by atoms with Crippen molar-refractivity contribution in [2.75, 3.05) is 6.61 Å². The van der Waals surface area contributed by atoms with E-state index in [4.69, 9.17) is 4.74 Å². The summed E-state index contributed by atoms with van der Waals surface area (Å²) in [4.78, 5) is 12.5. The van der Waals surface area contributed by atoms with Gasteiger partial charge in [-0.05, 0) is 45.6 Å². The van der Waals surface area contributed by atoms with E-state index in [0.29, 0.717) is 13.0 Å². The number of carbonyl (C=O) groups is 1. The van der Waals surface area contributed by atoms with Gasteiger partial charge in [0, 0.05) is 19.3 Å². The van der Waals surface area contributed by atoms with Crippen molar-refractivity contribution in [3.05, 3.63) is 17.5 Å². The predicted molar refractivity (Wildman–Crippen MR) is 69.5 cm³/mol. The molecular weight excluding hydrogens is 228 g/mol. The molecule has 1 aliphatic carbocycles. The zero-order valence-corrected chi connectivity index (χ0v) is 11.5. The highest BCUT2D eigenvalue weighted by molar-refractivity contribution is 5.89. The number of hydrogen-bond acceptors (Lipinski definition) is 3. The van der Waals surface area contributed by atoms with E-state index in [0.717, 1.165) is 37.1 Å². The Bertz CT molecular complexity index is 431. The molecule has 0 amide bonds. The van der Waals surface area contributed by atoms with E-state index in [-0.39, 0.29) is 5.78 Å². The van der Waals surface area contributed by atoms with Gasteiger partial charge in [0.15, 0.2) is 5.78 Å². The van der Waals surface area contributed by atoms with Crippen LogP contribution in [-0.2, 0) is 23.0 Å². The Morgan fingerprint density at radius 3 is 2.67 bits per heavy atom. The first-order chi connectivity index (χ1) is 8.57. The number of aromatic nitrogens is 2. The number of rotatable bonds is 5. The lowest BCUT2D eigenvalue weighted by Gasteiger charge is -2.27. The lowest BCUT2D eigenvalue weighted by Crippen LogP contribution is -2.40. The smallest absolute Gasteiger partial charge is 0.170 e. The molecule has 0 bridgehead atoms. The van der Waals surface area contributed by atoms with Crippen LogP contribution in [-0.4, -0.2) is 27.8 Å². The normalized spacial score (nSPS) is 18.2. The minimum Gasteiger partial charge on any atom is -0.367 e. The molecule has 2 rings (SSSR count). The van der Waals surface area contributed by atoms with Crippen LogP contribution in [0.5, 0.6) is 0 Å². The molecule has 1 aromatic rings. The van der Waals surface area contributed by atoms with E-state index >= 15 is 0 Å². The molecule has 100 valence electrons. The van der Waals surface area contributed by atoms with E-state index in [1.807, 2.05) is 27.0 Å². The highest BCUT2D eigenvalue weighted by Crippen LogP contribution is 2.35. The van der Waals surface area contributed by atoms with Gasteiger partial charge in [-0.3, -0.25) is 9.48 Å². The summed E-state index contributed by atoms with van der Waals surface area (Å²) in [6.07, 6.45) is 4.36. The van der Waals surface area contributed by atoms with Crippen molar-refractivity contribution in [1.29, 1.82) is 0 Å². The molecule has 1 aromatic heterocycles. The second-order valence-electron chi connectivity index (χ2n) is 5.14. The van der Waals surface area contributed by atoms with Gasteiger partial charge in [0.2, 0.25) is 0 Å². The lowest BCUT2D eigenvalue weighted by molar-refractivity contribution is -0.142. The fraction of sp³-hybridized carbons (Fsp3) is 0.714. The third-order valence-corrected chi connectivity index (χ3v) is 3.78. The van der Waals surface area contributed by atoms with Crippen molar-refractivity contribution in [2.24, 2.45) is 7.05 Å². The fourth-order valence-corrected chi connectivity index (χ4v) is 2.88. The number of aryl methyl sites for hydroxylation is 2. The van der Waals surface area contributed by atoms with Crippen LogP contribution < -0.4 is 0 Å². The Balaban J connectivity index is 2.12. The van der Waals surface area contributed by atoms with E-state index in [9.17, 15) is 4.79 Å². The quantitative estimate of drug-likeness (QED) is 0.804. The first-order valence-electron chi connectivity index (χ1n) is 6.74. The number of ether oxygens (including phenoxy) is 1. The van der Waals surface area contributed by atoms with Crippen molar-refractivity contribution in [2.45, 2.75) is 51.6 Å². The van der Waals surface area contributed by atoms with E-state index in [2.05, 4.69) is 5.10 Å². The average Bonchev–Trinajstić information content (AvgIpc) is 2.88. The molecule has 4 heteroatoms. The Kier molecular flexibility index (Phi) is 3.85. The second-order valence-corrected chi connectivity index (χ2v) is 5.14. The first kappa shape index (κ1) is 13.3. The Labute approximate surface area is 108 Å². The molecule has 1 heterocycles. The third kappa shape index (κ3) is 2.48. The minimum atomic E-state index is -0.521. The molecule has 0 radical (unpaired) electrons. The SMILES string of the molecule is CCOC1(C(=O)Cc2cc(C)nn2C)CCCC1. The van der Waals surface area contributed by atoms with Gasteiger partial charge in [-0.1, -0.05) is 0 Å². The van der Waals surface area contributed by atoms with Crippen LogP contribution in [0.4, 0.5) is 0 Å². The monoisotopic (exact) mass is 250 g/mol. The average molecular weight is 250 g/mol. The largest absolute Gasteiger partial charge is 0.367 e.